The van der Waals surface area contributed by atoms with Gasteiger partial charge in [0.25, 0.3) is 0 Å². The van der Waals surface area contributed by atoms with Crippen molar-refractivity contribution in [2.45, 2.75) is 20.3 Å². The lowest BCUT2D eigenvalue weighted by molar-refractivity contribution is 0.103. The Morgan fingerprint density at radius 2 is 1.83 bits per heavy atom. The van der Waals surface area contributed by atoms with Gasteiger partial charge in [0.2, 0.25) is 15.8 Å². The van der Waals surface area contributed by atoms with E-state index in [4.69, 9.17) is 0 Å². The van der Waals surface area contributed by atoms with Gasteiger partial charge in [-0.3, -0.25) is 14.5 Å². The van der Waals surface area contributed by atoms with Crippen LogP contribution in [0.1, 0.15) is 38.6 Å². The molecule has 0 aliphatic carbocycles. The number of halogens is 1. The van der Waals surface area contributed by atoms with Gasteiger partial charge < -0.3 is 4.57 Å². The molecule has 3 rings (SSSR count). The van der Waals surface area contributed by atoms with Crippen LogP contribution in [0.2, 0.25) is 0 Å². The third-order valence-corrected chi connectivity index (χ3v) is 5.18. The molecule has 6 nitrogen and oxygen atoms in total. The van der Waals surface area contributed by atoms with Crippen molar-refractivity contribution in [3.8, 4) is 0 Å². The van der Waals surface area contributed by atoms with Crippen molar-refractivity contribution in [3.05, 3.63) is 82.4 Å². The summed E-state index contributed by atoms with van der Waals surface area (Å²) in [6.07, 6.45) is 3.12. The Hall–Kier alpha value is -2.64. The fraction of sp³-hybridized carbons (Fsp3) is 0.238. The second-order valence-electron chi connectivity index (χ2n) is 7.01. The van der Waals surface area contributed by atoms with Crippen molar-refractivity contribution in [3.63, 3.8) is 0 Å². The standard InChI is InChI=1S/C21H23N3O3S.ClH/c1-14-5-9-19(15(2)11-14)21(25)20-10-8-18(24(20)3)12-16-6-7-17(13-22-16)23-28(4,26)27;/h5-11,13,23H,12H2,1-4H3;1H. The number of sulfonamides is 1. The summed E-state index contributed by atoms with van der Waals surface area (Å²) in [6, 6.07) is 13.0. The van der Waals surface area contributed by atoms with Crippen molar-refractivity contribution in [1.82, 2.24) is 9.55 Å². The number of hydrogen-bond acceptors (Lipinski definition) is 4. The second-order valence-corrected chi connectivity index (χ2v) is 8.75. The number of rotatable bonds is 6. The van der Waals surface area contributed by atoms with E-state index < -0.39 is 10.0 Å². The third-order valence-electron chi connectivity index (χ3n) is 4.58. The highest BCUT2D eigenvalue weighted by Crippen LogP contribution is 2.19. The maximum Gasteiger partial charge on any atom is 0.229 e. The molecular weight excluding hydrogens is 410 g/mol. The summed E-state index contributed by atoms with van der Waals surface area (Å²) >= 11 is 0. The largest absolute Gasteiger partial charge is 0.345 e. The molecule has 29 heavy (non-hydrogen) atoms. The Bertz CT molecular complexity index is 1140. The molecule has 0 spiro atoms. The van der Waals surface area contributed by atoms with Crippen molar-refractivity contribution < 1.29 is 13.2 Å². The molecule has 0 aliphatic heterocycles. The number of aromatic nitrogens is 2. The average Bonchev–Trinajstić information content (AvgIpc) is 2.95. The zero-order valence-corrected chi connectivity index (χ0v) is 18.4. The van der Waals surface area contributed by atoms with Gasteiger partial charge in [-0.25, -0.2) is 8.42 Å². The van der Waals surface area contributed by atoms with E-state index in [0.29, 0.717) is 23.4 Å². The lowest BCUT2D eigenvalue weighted by Crippen LogP contribution is -2.11. The zero-order valence-electron chi connectivity index (χ0n) is 16.8. The lowest BCUT2D eigenvalue weighted by Gasteiger charge is -2.10. The maximum atomic E-state index is 12.9. The highest BCUT2D eigenvalue weighted by molar-refractivity contribution is 7.92. The van der Waals surface area contributed by atoms with Crippen LogP contribution in [0.4, 0.5) is 5.69 Å². The molecule has 0 bridgehead atoms. The molecule has 0 saturated carbocycles. The van der Waals surface area contributed by atoms with Gasteiger partial charge in [0.1, 0.15) is 0 Å². The molecule has 0 saturated heterocycles. The first-order chi connectivity index (χ1) is 13.1. The smallest absolute Gasteiger partial charge is 0.229 e. The van der Waals surface area contributed by atoms with Crippen LogP contribution in [0, 0.1) is 13.8 Å². The Morgan fingerprint density at radius 3 is 2.41 bits per heavy atom. The molecule has 0 amide bonds. The van der Waals surface area contributed by atoms with E-state index >= 15 is 0 Å². The average molecular weight is 434 g/mol. The predicted molar refractivity (Wildman–Crippen MR) is 118 cm³/mol. The van der Waals surface area contributed by atoms with Crippen molar-refractivity contribution in [1.29, 1.82) is 0 Å². The monoisotopic (exact) mass is 433 g/mol. The number of benzene rings is 1. The molecule has 154 valence electrons. The highest BCUT2D eigenvalue weighted by atomic mass is 35.5. The van der Waals surface area contributed by atoms with Crippen LogP contribution in [0.15, 0.2) is 48.7 Å². The molecule has 0 unspecified atom stereocenters. The normalized spacial score (nSPS) is 11.0. The number of carbonyl (C=O) groups excluding carboxylic acids is 1. The zero-order chi connectivity index (χ0) is 20.5. The van der Waals surface area contributed by atoms with E-state index in [1.54, 1.807) is 12.1 Å². The quantitative estimate of drug-likeness (QED) is 0.601. The number of carbonyl (C=O) groups is 1. The number of pyridine rings is 1. The number of ketones is 1. The Morgan fingerprint density at radius 1 is 1.10 bits per heavy atom. The van der Waals surface area contributed by atoms with Crippen LogP contribution in [0.5, 0.6) is 0 Å². The van der Waals surface area contributed by atoms with Crippen LogP contribution in [-0.4, -0.2) is 30.0 Å². The number of nitrogens with zero attached hydrogens (tertiary/aromatic N) is 2. The SMILES string of the molecule is Cc1ccc(C(=O)c2ccc(Cc3ccc(NS(C)(=O)=O)cn3)n2C)c(C)c1.Cl. The second kappa shape index (κ2) is 8.80. The number of hydrogen-bond donors (Lipinski definition) is 1. The molecule has 2 aromatic heterocycles. The molecule has 1 N–H and O–H groups in total. The van der Waals surface area contributed by atoms with Gasteiger partial charge >= 0.3 is 0 Å². The first-order valence-corrected chi connectivity index (χ1v) is 10.7. The molecule has 3 aromatic rings. The summed E-state index contributed by atoms with van der Waals surface area (Å²) in [7, 11) is -1.46. The van der Waals surface area contributed by atoms with Crippen molar-refractivity contribution in [2.75, 3.05) is 11.0 Å². The van der Waals surface area contributed by atoms with Crippen LogP contribution < -0.4 is 4.72 Å². The maximum absolute atomic E-state index is 12.9. The fourth-order valence-corrected chi connectivity index (χ4v) is 3.70. The molecule has 0 atom stereocenters. The lowest BCUT2D eigenvalue weighted by atomic mass is 10.0. The minimum atomic E-state index is -3.33. The first-order valence-electron chi connectivity index (χ1n) is 8.83. The number of anilines is 1. The molecular formula is C21H24ClN3O3S. The number of nitrogens with one attached hydrogen (secondary N) is 1. The molecule has 1 aromatic carbocycles. The van der Waals surface area contributed by atoms with Crippen LogP contribution in [0.3, 0.4) is 0 Å². The van der Waals surface area contributed by atoms with Gasteiger partial charge in [-0.15, -0.1) is 12.4 Å². The summed E-state index contributed by atoms with van der Waals surface area (Å²) < 4.78 is 26.8. The number of aryl methyl sites for hydroxylation is 2. The Kier molecular flexibility index (Phi) is 6.87. The van der Waals surface area contributed by atoms with Crippen LogP contribution in [-0.2, 0) is 23.5 Å². The molecule has 0 aliphatic rings. The predicted octanol–water partition coefficient (Wildman–Crippen LogP) is 3.65. The topological polar surface area (TPSA) is 81.1 Å². The minimum absolute atomic E-state index is 0. The van der Waals surface area contributed by atoms with Gasteiger partial charge in [0.15, 0.2) is 0 Å². The fourth-order valence-electron chi connectivity index (χ4n) is 3.15. The van der Waals surface area contributed by atoms with E-state index in [2.05, 4.69) is 9.71 Å². The van der Waals surface area contributed by atoms with Gasteiger partial charge in [-0.05, 0) is 43.7 Å². The van der Waals surface area contributed by atoms with E-state index in [-0.39, 0.29) is 18.2 Å². The van der Waals surface area contributed by atoms with Crippen LogP contribution in [0.25, 0.3) is 0 Å². The minimum Gasteiger partial charge on any atom is -0.345 e. The van der Waals surface area contributed by atoms with Crippen molar-refractivity contribution >= 4 is 33.9 Å². The Balaban J connectivity index is 0.00000300. The van der Waals surface area contributed by atoms with Crippen LogP contribution >= 0.6 is 12.4 Å². The molecule has 2 heterocycles. The molecule has 0 fully saturated rings. The summed E-state index contributed by atoms with van der Waals surface area (Å²) in [4.78, 5) is 17.3. The van der Waals surface area contributed by atoms with E-state index in [1.165, 1.54) is 6.20 Å². The van der Waals surface area contributed by atoms with Gasteiger partial charge in [-0.2, -0.15) is 0 Å². The molecule has 8 heteroatoms. The van der Waals surface area contributed by atoms with Gasteiger partial charge in [0.05, 0.1) is 23.8 Å². The summed E-state index contributed by atoms with van der Waals surface area (Å²) in [6.45, 7) is 3.95. The van der Waals surface area contributed by atoms with E-state index in [0.717, 1.165) is 28.8 Å². The highest BCUT2D eigenvalue weighted by Gasteiger charge is 2.17. The van der Waals surface area contributed by atoms with Crippen molar-refractivity contribution in [2.24, 2.45) is 7.05 Å². The third kappa shape index (κ3) is 5.46. The van der Waals surface area contributed by atoms with E-state index in [9.17, 15) is 13.2 Å². The summed E-state index contributed by atoms with van der Waals surface area (Å²) in [5.74, 6) is -0.00749. The Labute approximate surface area is 177 Å². The van der Waals surface area contributed by atoms with Gasteiger partial charge in [0, 0.05) is 30.4 Å². The first kappa shape index (κ1) is 22.6. The van der Waals surface area contributed by atoms with E-state index in [1.807, 2.05) is 55.8 Å². The molecule has 0 radical (unpaired) electrons. The van der Waals surface area contributed by atoms with Gasteiger partial charge in [-0.1, -0.05) is 23.8 Å². The summed E-state index contributed by atoms with van der Waals surface area (Å²) in [5, 5.41) is 0. The summed E-state index contributed by atoms with van der Waals surface area (Å²) in [5.41, 5.74) is 5.56.